The summed E-state index contributed by atoms with van der Waals surface area (Å²) >= 11 is 3.07. The van der Waals surface area contributed by atoms with Crippen LogP contribution in [0.25, 0.3) is 21.7 Å². The molecule has 0 atom stereocenters. The summed E-state index contributed by atoms with van der Waals surface area (Å²) in [6.07, 6.45) is 5.50. The number of H-pyrrole nitrogens is 1. The summed E-state index contributed by atoms with van der Waals surface area (Å²) in [5.74, 6) is 0.618. The summed E-state index contributed by atoms with van der Waals surface area (Å²) in [6, 6.07) is 9.51. The number of para-hydroxylation sites is 1. The van der Waals surface area contributed by atoms with Gasteiger partial charge in [0.1, 0.15) is 5.39 Å². The molecule has 4 aromatic heterocycles. The minimum absolute atomic E-state index is 0.136. The molecular formula is C17H12N6OS2. The predicted molar refractivity (Wildman–Crippen MR) is 102 cm³/mol. The largest absolute Gasteiger partial charge is 0.297 e. The monoisotopic (exact) mass is 380 g/mol. The van der Waals surface area contributed by atoms with E-state index in [9.17, 15) is 4.79 Å². The molecule has 0 aliphatic carbocycles. The molecule has 128 valence electrons. The van der Waals surface area contributed by atoms with Crippen molar-refractivity contribution in [3.63, 3.8) is 0 Å². The Kier molecular flexibility index (Phi) is 3.61. The maximum absolute atomic E-state index is 13.0. The molecule has 0 fully saturated rings. The number of aromatic amines is 1. The van der Waals surface area contributed by atoms with E-state index in [0.717, 1.165) is 16.3 Å². The Balaban J connectivity index is 1.59. The summed E-state index contributed by atoms with van der Waals surface area (Å²) in [4.78, 5) is 23.1. The Bertz CT molecular complexity index is 1240. The van der Waals surface area contributed by atoms with E-state index in [0.29, 0.717) is 21.9 Å². The molecule has 0 spiro atoms. The van der Waals surface area contributed by atoms with E-state index in [1.165, 1.54) is 18.0 Å². The lowest BCUT2D eigenvalue weighted by Gasteiger charge is -2.11. The molecule has 0 bridgehead atoms. The molecule has 7 nitrogen and oxygen atoms in total. The van der Waals surface area contributed by atoms with Gasteiger partial charge in [0.15, 0.2) is 15.8 Å². The van der Waals surface area contributed by atoms with Gasteiger partial charge in [-0.25, -0.2) is 9.97 Å². The first kappa shape index (κ1) is 15.4. The van der Waals surface area contributed by atoms with Gasteiger partial charge < -0.3 is 0 Å². The topological polar surface area (TPSA) is 80.9 Å². The Hall–Kier alpha value is -2.91. The number of benzene rings is 1. The first-order valence-electron chi connectivity index (χ1n) is 7.85. The van der Waals surface area contributed by atoms with E-state index < -0.39 is 0 Å². The number of imidazole rings is 1. The SMILES string of the molecule is O=c1c2cn[nH]c2nc(SCc2cn3ccsc3n2)n1-c1ccccc1. The van der Waals surface area contributed by atoms with Crippen LogP contribution in [0.15, 0.2) is 64.3 Å². The minimum atomic E-state index is -0.136. The van der Waals surface area contributed by atoms with Crippen molar-refractivity contribution in [2.75, 3.05) is 0 Å². The average molecular weight is 380 g/mol. The standard InChI is InChI=1S/C17H12N6OS2/c24-15-13-8-18-21-14(13)20-17(23(15)12-4-2-1-3-5-12)26-10-11-9-22-6-7-25-16(22)19-11/h1-9H,10H2,(H,18,21). The first-order valence-corrected chi connectivity index (χ1v) is 9.71. The van der Waals surface area contributed by atoms with Gasteiger partial charge in [0.05, 0.1) is 17.6 Å². The zero-order valence-electron chi connectivity index (χ0n) is 13.4. The molecule has 9 heteroatoms. The average Bonchev–Trinajstić information content (AvgIpc) is 3.36. The van der Waals surface area contributed by atoms with E-state index >= 15 is 0 Å². The maximum Gasteiger partial charge on any atom is 0.269 e. The van der Waals surface area contributed by atoms with Crippen molar-refractivity contribution >= 4 is 39.1 Å². The van der Waals surface area contributed by atoms with Gasteiger partial charge in [0, 0.05) is 23.5 Å². The number of aromatic nitrogens is 6. The van der Waals surface area contributed by atoms with Crippen LogP contribution >= 0.6 is 23.1 Å². The number of thioether (sulfide) groups is 1. The second kappa shape index (κ2) is 6.11. The van der Waals surface area contributed by atoms with Crippen LogP contribution in [0.3, 0.4) is 0 Å². The van der Waals surface area contributed by atoms with E-state index in [-0.39, 0.29) is 5.56 Å². The van der Waals surface area contributed by atoms with Gasteiger partial charge in [-0.1, -0.05) is 30.0 Å². The van der Waals surface area contributed by atoms with Crippen LogP contribution in [0.1, 0.15) is 5.69 Å². The summed E-state index contributed by atoms with van der Waals surface area (Å²) in [5.41, 5.74) is 2.08. The molecule has 0 saturated heterocycles. The van der Waals surface area contributed by atoms with Gasteiger partial charge in [-0.2, -0.15) is 5.10 Å². The van der Waals surface area contributed by atoms with Crippen LogP contribution in [0.5, 0.6) is 0 Å². The number of hydrogen-bond donors (Lipinski definition) is 1. The van der Waals surface area contributed by atoms with Crippen molar-refractivity contribution in [3.8, 4) is 5.69 Å². The minimum Gasteiger partial charge on any atom is -0.297 e. The van der Waals surface area contributed by atoms with E-state index in [4.69, 9.17) is 0 Å². The van der Waals surface area contributed by atoms with Gasteiger partial charge in [-0.05, 0) is 12.1 Å². The number of nitrogens with one attached hydrogen (secondary N) is 1. The van der Waals surface area contributed by atoms with Gasteiger partial charge in [-0.3, -0.25) is 18.9 Å². The fraction of sp³-hybridized carbons (Fsp3) is 0.0588. The second-order valence-electron chi connectivity index (χ2n) is 5.62. The highest BCUT2D eigenvalue weighted by atomic mass is 32.2. The molecule has 0 aliphatic heterocycles. The van der Waals surface area contributed by atoms with E-state index in [1.54, 1.807) is 15.9 Å². The van der Waals surface area contributed by atoms with Crippen LogP contribution < -0.4 is 5.56 Å². The Morgan fingerprint density at radius 3 is 2.92 bits per heavy atom. The van der Waals surface area contributed by atoms with Crippen molar-refractivity contribution in [3.05, 3.63) is 70.4 Å². The van der Waals surface area contributed by atoms with Crippen LogP contribution in [0.2, 0.25) is 0 Å². The third-order valence-corrected chi connectivity index (χ3v) is 5.70. The lowest BCUT2D eigenvalue weighted by Crippen LogP contribution is -2.21. The number of fused-ring (bicyclic) bond motifs is 2. The molecule has 5 aromatic rings. The van der Waals surface area contributed by atoms with Gasteiger partial charge in [0.25, 0.3) is 5.56 Å². The van der Waals surface area contributed by atoms with Crippen LogP contribution in [-0.4, -0.2) is 29.1 Å². The molecule has 0 saturated carbocycles. The van der Waals surface area contributed by atoms with E-state index in [1.807, 2.05) is 52.5 Å². The van der Waals surface area contributed by atoms with Crippen molar-refractivity contribution in [2.45, 2.75) is 10.9 Å². The fourth-order valence-corrected chi connectivity index (χ4v) is 4.37. The molecule has 0 aliphatic rings. The van der Waals surface area contributed by atoms with Gasteiger partial charge >= 0.3 is 0 Å². The van der Waals surface area contributed by atoms with Crippen molar-refractivity contribution < 1.29 is 0 Å². The Morgan fingerprint density at radius 2 is 2.08 bits per heavy atom. The van der Waals surface area contributed by atoms with Crippen molar-refractivity contribution in [1.29, 1.82) is 0 Å². The van der Waals surface area contributed by atoms with Crippen LogP contribution in [-0.2, 0) is 5.75 Å². The fourth-order valence-electron chi connectivity index (χ4n) is 2.76. The molecule has 1 N–H and O–H groups in total. The zero-order chi connectivity index (χ0) is 17.5. The molecular weight excluding hydrogens is 368 g/mol. The first-order chi connectivity index (χ1) is 12.8. The molecule has 0 amide bonds. The molecule has 0 radical (unpaired) electrons. The Morgan fingerprint density at radius 1 is 1.19 bits per heavy atom. The smallest absolute Gasteiger partial charge is 0.269 e. The quantitative estimate of drug-likeness (QED) is 0.383. The number of hydrogen-bond acceptors (Lipinski definition) is 6. The molecule has 26 heavy (non-hydrogen) atoms. The van der Waals surface area contributed by atoms with Gasteiger partial charge in [0.2, 0.25) is 0 Å². The maximum atomic E-state index is 13.0. The Labute approximate surface area is 155 Å². The number of thiazole rings is 1. The van der Waals surface area contributed by atoms with E-state index in [2.05, 4.69) is 20.2 Å². The molecule has 0 unspecified atom stereocenters. The number of rotatable bonds is 4. The summed E-state index contributed by atoms with van der Waals surface area (Å²) in [7, 11) is 0. The van der Waals surface area contributed by atoms with Crippen LogP contribution in [0.4, 0.5) is 0 Å². The lowest BCUT2D eigenvalue weighted by atomic mass is 10.3. The zero-order valence-corrected chi connectivity index (χ0v) is 15.0. The third-order valence-electron chi connectivity index (χ3n) is 3.96. The summed E-state index contributed by atoms with van der Waals surface area (Å²) in [6.45, 7) is 0. The molecule has 1 aromatic carbocycles. The summed E-state index contributed by atoms with van der Waals surface area (Å²) < 4.78 is 3.62. The predicted octanol–water partition coefficient (Wildman–Crippen LogP) is 3.11. The highest BCUT2D eigenvalue weighted by Crippen LogP contribution is 2.24. The van der Waals surface area contributed by atoms with Crippen LogP contribution in [0, 0.1) is 0 Å². The highest BCUT2D eigenvalue weighted by molar-refractivity contribution is 7.98. The lowest BCUT2D eigenvalue weighted by molar-refractivity contribution is 0.815. The third kappa shape index (κ3) is 2.52. The summed E-state index contributed by atoms with van der Waals surface area (Å²) in [5, 5.41) is 9.82. The van der Waals surface area contributed by atoms with Crippen molar-refractivity contribution in [1.82, 2.24) is 29.1 Å². The molecule has 5 rings (SSSR count). The second-order valence-corrected chi connectivity index (χ2v) is 7.43. The van der Waals surface area contributed by atoms with Gasteiger partial charge in [-0.15, -0.1) is 11.3 Å². The number of nitrogens with zero attached hydrogens (tertiary/aromatic N) is 5. The molecule has 4 heterocycles. The van der Waals surface area contributed by atoms with Crippen molar-refractivity contribution in [2.24, 2.45) is 0 Å². The normalized spacial score (nSPS) is 11.5. The highest BCUT2D eigenvalue weighted by Gasteiger charge is 2.15.